The molecule has 2 aromatic rings. The molecule has 7 nitrogen and oxygen atoms in total. The largest absolute Gasteiger partial charge is 0.450 e. The van der Waals surface area contributed by atoms with Gasteiger partial charge < -0.3 is 14.5 Å². The molecule has 0 unspecified atom stereocenters. The van der Waals surface area contributed by atoms with Crippen LogP contribution in [0.5, 0.6) is 0 Å². The van der Waals surface area contributed by atoms with Crippen LogP contribution in [0.1, 0.15) is 29.0 Å². The number of halogens is 1. The zero-order valence-corrected chi connectivity index (χ0v) is 13.6. The van der Waals surface area contributed by atoms with Gasteiger partial charge in [0.15, 0.2) is 6.61 Å². The van der Waals surface area contributed by atoms with Gasteiger partial charge in [0.2, 0.25) is 5.76 Å². The van der Waals surface area contributed by atoms with Gasteiger partial charge in [-0.3, -0.25) is 10.1 Å². The summed E-state index contributed by atoms with van der Waals surface area (Å²) < 4.78 is 10.3. The van der Waals surface area contributed by atoms with Crippen molar-refractivity contribution >= 4 is 40.5 Å². The van der Waals surface area contributed by atoms with Crippen molar-refractivity contribution in [1.29, 1.82) is 0 Å². The minimum Gasteiger partial charge on any atom is -0.450 e. The highest BCUT2D eigenvalue weighted by atomic mass is 35.5. The van der Waals surface area contributed by atoms with E-state index < -0.39 is 24.5 Å². The third-order valence-corrected chi connectivity index (χ3v) is 3.82. The lowest BCUT2D eigenvalue weighted by atomic mass is 10.1. The van der Waals surface area contributed by atoms with E-state index in [0.717, 1.165) is 12.8 Å². The molecule has 3 rings (SSSR count). The zero-order valence-electron chi connectivity index (χ0n) is 12.8. The van der Waals surface area contributed by atoms with Crippen molar-refractivity contribution in [3.63, 3.8) is 0 Å². The first kappa shape index (κ1) is 16.3. The summed E-state index contributed by atoms with van der Waals surface area (Å²) in [6.45, 7) is 1.12. The molecule has 24 heavy (non-hydrogen) atoms. The molecule has 1 aliphatic carbocycles. The van der Waals surface area contributed by atoms with E-state index in [1.54, 1.807) is 25.1 Å². The first-order valence-corrected chi connectivity index (χ1v) is 7.78. The number of ether oxygens (including phenoxy) is 1. The van der Waals surface area contributed by atoms with Crippen molar-refractivity contribution in [2.45, 2.75) is 25.8 Å². The number of hydrogen-bond donors (Lipinski definition) is 2. The Kier molecular flexibility index (Phi) is 4.44. The Morgan fingerprint density at radius 1 is 1.33 bits per heavy atom. The predicted octanol–water partition coefficient (Wildman–Crippen LogP) is 2.54. The molecule has 0 radical (unpaired) electrons. The summed E-state index contributed by atoms with van der Waals surface area (Å²) in [7, 11) is 0. The van der Waals surface area contributed by atoms with Gasteiger partial charge in [0.05, 0.1) is 0 Å². The molecular formula is C16H15ClN2O5. The molecule has 126 valence electrons. The standard InChI is InChI=1S/C16H15ClN2O5/c1-8-11-6-9(17)2-5-12(11)24-14(8)15(21)23-7-13(20)19-16(22)18-10-3-4-10/h2,5-6,10H,3-4,7H2,1H3,(H2,18,19,20,22). The monoisotopic (exact) mass is 350 g/mol. The van der Waals surface area contributed by atoms with Gasteiger partial charge in [0, 0.05) is 22.0 Å². The fourth-order valence-corrected chi connectivity index (χ4v) is 2.37. The number of carbonyl (C=O) groups is 3. The number of hydrogen-bond acceptors (Lipinski definition) is 5. The average Bonchev–Trinajstić information content (AvgIpc) is 3.28. The Morgan fingerprint density at radius 3 is 2.79 bits per heavy atom. The van der Waals surface area contributed by atoms with Crippen LogP contribution in [0, 0.1) is 6.92 Å². The molecule has 0 bridgehead atoms. The average molecular weight is 351 g/mol. The molecule has 1 saturated carbocycles. The molecule has 0 saturated heterocycles. The number of urea groups is 1. The van der Waals surface area contributed by atoms with Crippen LogP contribution < -0.4 is 10.6 Å². The summed E-state index contributed by atoms with van der Waals surface area (Å²) in [6, 6.07) is 4.52. The van der Waals surface area contributed by atoms with Crippen molar-refractivity contribution in [2.75, 3.05) is 6.61 Å². The van der Waals surface area contributed by atoms with Crippen LogP contribution in [0.2, 0.25) is 5.02 Å². The predicted molar refractivity (Wildman–Crippen MR) is 85.9 cm³/mol. The highest BCUT2D eigenvalue weighted by Gasteiger charge is 2.24. The summed E-state index contributed by atoms with van der Waals surface area (Å²) in [6.07, 6.45) is 1.82. The molecule has 1 fully saturated rings. The molecule has 1 aromatic carbocycles. The van der Waals surface area contributed by atoms with Crippen molar-refractivity contribution in [1.82, 2.24) is 10.6 Å². The van der Waals surface area contributed by atoms with E-state index >= 15 is 0 Å². The number of benzene rings is 1. The lowest BCUT2D eigenvalue weighted by molar-refractivity contribution is -0.123. The first-order chi connectivity index (χ1) is 11.4. The Labute approximate surface area is 142 Å². The Bertz CT molecular complexity index is 825. The zero-order chi connectivity index (χ0) is 17.3. The molecule has 1 aliphatic rings. The second kappa shape index (κ2) is 6.52. The lowest BCUT2D eigenvalue weighted by Crippen LogP contribution is -2.42. The molecule has 0 aliphatic heterocycles. The van der Waals surface area contributed by atoms with Gasteiger partial charge in [0.1, 0.15) is 5.58 Å². The third kappa shape index (κ3) is 3.68. The number of furan rings is 1. The van der Waals surface area contributed by atoms with Crippen LogP contribution in [0.3, 0.4) is 0 Å². The fraction of sp³-hybridized carbons (Fsp3) is 0.312. The van der Waals surface area contributed by atoms with Gasteiger partial charge in [-0.05, 0) is 38.0 Å². The number of nitrogens with one attached hydrogen (secondary N) is 2. The highest BCUT2D eigenvalue weighted by molar-refractivity contribution is 6.31. The summed E-state index contributed by atoms with van der Waals surface area (Å²) in [5.41, 5.74) is 1.07. The summed E-state index contributed by atoms with van der Waals surface area (Å²) in [5, 5.41) is 5.90. The van der Waals surface area contributed by atoms with Crippen LogP contribution in [-0.4, -0.2) is 30.6 Å². The Morgan fingerprint density at radius 2 is 2.08 bits per heavy atom. The van der Waals surface area contributed by atoms with Crippen molar-refractivity contribution in [3.8, 4) is 0 Å². The van der Waals surface area contributed by atoms with Gasteiger partial charge in [-0.25, -0.2) is 9.59 Å². The van der Waals surface area contributed by atoms with Gasteiger partial charge in [-0.15, -0.1) is 0 Å². The van der Waals surface area contributed by atoms with Crippen molar-refractivity contribution < 1.29 is 23.5 Å². The quantitative estimate of drug-likeness (QED) is 0.826. The molecule has 3 amide bonds. The summed E-state index contributed by atoms with van der Waals surface area (Å²) in [5.74, 6) is -1.49. The SMILES string of the molecule is Cc1c(C(=O)OCC(=O)NC(=O)NC2CC2)oc2ccc(Cl)cc12. The van der Waals surface area contributed by atoms with E-state index in [-0.39, 0.29) is 11.8 Å². The van der Waals surface area contributed by atoms with Crippen LogP contribution in [0.4, 0.5) is 4.79 Å². The lowest BCUT2D eigenvalue weighted by Gasteiger charge is -2.06. The smallest absolute Gasteiger partial charge is 0.375 e. The third-order valence-electron chi connectivity index (χ3n) is 3.58. The second-order valence-corrected chi connectivity index (χ2v) is 6.01. The molecule has 1 aromatic heterocycles. The number of fused-ring (bicyclic) bond motifs is 1. The molecule has 8 heteroatoms. The van der Waals surface area contributed by atoms with Crippen molar-refractivity contribution in [2.24, 2.45) is 0 Å². The van der Waals surface area contributed by atoms with E-state index in [9.17, 15) is 14.4 Å². The van der Waals surface area contributed by atoms with Gasteiger partial charge in [-0.2, -0.15) is 0 Å². The normalized spacial score (nSPS) is 13.6. The number of imide groups is 1. The maximum atomic E-state index is 12.1. The van der Waals surface area contributed by atoms with Crippen LogP contribution in [-0.2, 0) is 9.53 Å². The highest BCUT2D eigenvalue weighted by Crippen LogP contribution is 2.28. The van der Waals surface area contributed by atoms with Crippen LogP contribution in [0.25, 0.3) is 11.0 Å². The number of rotatable bonds is 4. The summed E-state index contributed by atoms with van der Waals surface area (Å²) >= 11 is 5.92. The van der Waals surface area contributed by atoms with E-state index in [1.807, 2.05) is 0 Å². The molecule has 0 atom stereocenters. The van der Waals surface area contributed by atoms with E-state index in [2.05, 4.69) is 10.6 Å². The minimum atomic E-state index is -0.780. The molecular weight excluding hydrogens is 336 g/mol. The van der Waals surface area contributed by atoms with Gasteiger partial charge >= 0.3 is 12.0 Å². The topological polar surface area (TPSA) is 97.6 Å². The van der Waals surface area contributed by atoms with E-state index in [4.69, 9.17) is 20.8 Å². The first-order valence-electron chi connectivity index (χ1n) is 7.40. The summed E-state index contributed by atoms with van der Waals surface area (Å²) in [4.78, 5) is 35.1. The number of esters is 1. The Balaban J connectivity index is 1.59. The number of carbonyl (C=O) groups excluding carboxylic acids is 3. The maximum Gasteiger partial charge on any atom is 0.375 e. The fourth-order valence-electron chi connectivity index (χ4n) is 2.20. The maximum absolute atomic E-state index is 12.1. The van der Waals surface area contributed by atoms with Crippen LogP contribution in [0.15, 0.2) is 22.6 Å². The molecule has 2 N–H and O–H groups in total. The number of amides is 3. The number of aryl methyl sites for hydroxylation is 1. The molecule has 0 spiro atoms. The molecule has 1 heterocycles. The van der Waals surface area contributed by atoms with E-state index in [1.165, 1.54) is 0 Å². The Hall–Kier alpha value is -2.54. The van der Waals surface area contributed by atoms with E-state index in [0.29, 0.717) is 21.6 Å². The van der Waals surface area contributed by atoms with Gasteiger partial charge in [0.25, 0.3) is 5.91 Å². The van der Waals surface area contributed by atoms with Crippen molar-refractivity contribution in [3.05, 3.63) is 34.5 Å². The van der Waals surface area contributed by atoms with Crippen LogP contribution >= 0.6 is 11.6 Å². The minimum absolute atomic E-state index is 0.00231. The second-order valence-electron chi connectivity index (χ2n) is 5.57. The van der Waals surface area contributed by atoms with Gasteiger partial charge in [-0.1, -0.05) is 11.6 Å².